The Bertz CT molecular complexity index is 1390. The number of halogens is 1. The smallest absolute Gasteiger partial charge is 0.321 e. The molecule has 3 aromatic rings. The summed E-state index contributed by atoms with van der Waals surface area (Å²) in [5.74, 6) is -0.733. The van der Waals surface area contributed by atoms with E-state index in [4.69, 9.17) is 4.74 Å². The number of ether oxygens (including phenoxy) is 1. The van der Waals surface area contributed by atoms with Crippen LogP contribution in [0.25, 0.3) is 11.1 Å². The molecule has 8 nitrogen and oxygen atoms in total. The van der Waals surface area contributed by atoms with E-state index in [-0.39, 0.29) is 41.9 Å². The van der Waals surface area contributed by atoms with E-state index < -0.39 is 34.0 Å². The zero-order valence-electron chi connectivity index (χ0n) is 21.5. The average molecular weight is 542 g/mol. The van der Waals surface area contributed by atoms with Crippen molar-refractivity contribution < 1.29 is 27.4 Å². The van der Waals surface area contributed by atoms with Crippen molar-refractivity contribution in [3.8, 4) is 16.9 Å². The van der Waals surface area contributed by atoms with Crippen molar-refractivity contribution in [1.29, 1.82) is 0 Å². The van der Waals surface area contributed by atoms with E-state index in [9.17, 15) is 22.7 Å². The van der Waals surface area contributed by atoms with E-state index in [1.54, 1.807) is 32.2 Å². The third kappa shape index (κ3) is 5.82. The summed E-state index contributed by atoms with van der Waals surface area (Å²) in [6.45, 7) is 3.33. The number of rotatable bonds is 6. The molecule has 3 atom stereocenters. The standard InChI is InChI=1S/C28H32FN3O5S/c1-19-16-32(20(2)18-33)38(35,36)27-14-13-22(21-9-5-4-6-10-21)15-25(27)37-26(19)17-31(3)28(34)30-24-12-8-7-11-23(24)29/h4-15,19-20,26,33H,16-18H2,1-3H3,(H,30,34)/t19-,20-,26+/m0/s1. The second-order valence-corrected chi connectivity index (χ2v) is 11.4. The van der Waals surface area contributed by atoms with E-state index in [2.05, 4.69) is 5.32 Å². The van der Waals surface area contributed by atoms with E-state index >= 15 is 0 Å². The Balaban J connectivity index is 1.69. The van der Waals surface area contributed by atoms with Gasteiger partial charge in [0.2, 0.25) is 10.0 Å². The summed E-state index contributed by atoms with van der Waals surface area (Å²) in [7, 11) is -2.42. The van der Waals surface area contributed by atoms with Crippen molar-refractivity contribution in [1.82, 2.24) is 9.21 Å². The number of anilines is 1. The maximum Gasteiger partial charge on any atom is 0.321 e. The topological polar surface area (TPSA) is 99.2 Å². The number of fused-ring (bicyclic) bond motifs is 1. The monoisotopic (exact) mass is 541 g/mol. The van der Waals surface area contributed by atoms with Gasteiger partial charge in [-0.3, -0.25) is 0 Å². The Morgan fingerprint density at radius 2 is 1.82 bits per heavy atom. The maximum absolute atomic E-state index is 14.1. The van der Waals surface area contributed by atoms with Gasteiger partial charge >= 0.3 is 6.03 Å². The van der Waals surface area contributed by atoms with Gasteiger partial charge in [-0.05, 0) is 42.3 Å². The fraction of sp³-hybridized carbons (Fsp3) is 0.321. The van der Waals surface area contributed by atoms with Crippen LogP contribution >= 0.6 is 0 Å². The van der Waals surface area contributed by atoms with Crippen LogP contribution < -0.4 is 10.1 Å². The van der Waals surface area contributed by atoms with Crippen molar-refractivity contribution in [2.75, 3.05) is 32.1 Å². The number of hydrogen-bond donors (Lipinski definition) is 2. The number of likely N-dealkylation sites (N-methyl/N-ethyl adjacent to an activating group) is 1. The van der Waals surface area contributed by atoms with Gasteiger partial charge in [-0.25, -0.2) is 17.6 Å². The summed E-state index contributed by atoms with van der Waals surface area (Å²) in [6, 6.07) is 19.1. The summed E-state index contributed by atoms with van der Waals surface area (Å²) >= 11 is 0. The first-order valence-electron chi connectivity index (χ1n) is 12.4. The minimum absolute atomic E-state index is 0.00663. The molecule has 1 aliphatic heterocycles. The van der Waals surface area contributed by atoms with Crippen molar-refractivity contribution >= 4 is 21.7 Å². The maximum atomic E-state index is 14.1. The predicted octanol–water partition coefficient (Wildman–Crippen LogP) is 4.43. The quantitative estimate of drug-likeness (QED) is 0.481. The molecule has 0 bridgehead atoms. The molecular formula is C28H32FN3O5S. The highest BCUT2D eigenvalue weighted by Crippen LogP contribution is 2.36. The van der Waals surface area contributed by atoms with Crippen LogP contribution in [0.4, 0.5) is 14.9 Å². The molecule has 0 aliphatic carbocycles. The van der Waals surface area contributed by atoms with Crippen LogP contribution in [0.2, 0.25) is 0 Å². The highest BCUT2D eigenvalue weighted by Gasteiger charge is 2.38. The lowest BCUT2D eigenvalue weighted by Gasteiger charge is -2.37. The van der Waals surface area contributed by atoms with Gasteiger partial charge in [0.15, 0.2) is 0 Å². The van der Waals surface area contributed by atoms with Crippen molar-refractivity contribution in [2.45, 2.75) is 30.9 Å². The minimum atomic E-state index is -3.99. The number of nitrogens with zero attached hydrogens (tertiary/aromatic N) is 2. The van der Waals surface area contributed by atoms with Gasteiger partial charge in [0.25, 0.3) is 0 Å². The Labute approximate surface area is 222 Å². The molecule has 0 saturated heterocycles. The van der Waals surface area contributed by atoms with Crippen LogP contribution in [0.1, 0.15) is 13.8 Å². The predicted molar refractivity (Wildman–Crippen MR) is 144 cm³/mol. The van der Waals surface area contributed by atoms with Gasteiger partial charge in [-0.1, -0.05) is 55.5 Å². The molecule has 1 heterocycles. The number of sulfonamides is 1. The number of para-hydroxylation sites is 1. The summed E-state index contributed by atoms with van der Waals surface area (Å²) in [5, 5.41) is 12.4. The van der Waals surface area contributed by atoms with E-state index in [1.807, 2.05) is 37.3 Å². The summed E-state index contributed by atoms with van der Waals surface area (Å²) in [6.07, 6.45) is -0.597. The Morgan fingerprint density at radius 3 is 2.50 bits per heavy atom. The minimum Gasteiger partial charge on any atom is -0.487 e. The lowest BCUT2D eigenvalue weighted by atomic mass is 10.0. The molecule has 0 unspecified atom stereocenters. The van der Waals surface area contributed by atoms with Crippen molar-refractivity contribution in [3.63, 3.8) is 0 Å². The molecule has 0 fully saturated rings. The number of carbonyl (C=O) groups is 1. The van der Waals surface area contributed by atoms with Gasteiger partial charge in [0.05, 0.1) is 18.8 Å². The van der Waals surface area contributed by atoms with Crippen LogP contribution in [0, 0.1) is 11.7 Å². The molecule has 2 N–H and O–H groups in total. The number of urea groups is 1. The van der Waals surface area contributed by atoms with E-state index in [0.29, 0.717) is 0 Å². The number of nitrogens with one attached hydrogen (secondary N) is 1. The number of carbonyl (C=O) groups excluding carboxylic acids is 1. The van der Waals surface area contributed by atoms with Crippen LogP contribution in [-0.4, -0.2) is 67.7 Å². The number of aliphatic hydroxyl groups excluding tert-OH is 1. The Kier molecular flexibility index (Phi) is 8.35. The SMILES string of the molecule is C[C@H]1CN([C@@H](C)CO)S(=O)(=O)c2ccc(-c3ccccc3)cc2O[C@@H]1CN(C)C(=O)Nc1ccccc1F. The van der Waals surface area contributed by atoms with Crippen LogP contribution in [0.5, 0.6) is 5.75 Å². The summed E-state index contributed by atoms with van der Waals surface area (Å²) < 4.78 is 49.0. The molecular weight excluding hydrogens is 509 g/mol. The first kappa shape index (κ1) is 27.6. The highest BCUT2D eigenvalue weighted by atomic mass is 32.2. The lowest BCUT2D eigenvalue weighted by molar-refractivity contribution is 0.0830. The van der Waals surface area contributed by atoms with Gasteiger partial charge in [0, 0.05) is 25.6 Å². The Hall–Kier alpha value is -3.47. The largest absolute Gasteiger partial charge is 0.487 e. The second kappa shape index (κ2) is 11.5. The molecule has 0 saturated carbocycles. The number of benzene rings is 3. The molecule has 4 rings (SSSR count). The fourth-order valence-electron chi connectivity index (χ4n) is 4.38. The molecule has 38 heavy (non-hydrogen) atoms. The van der Waals surface area contributed by atoms with Crippen molar-refractivity contribution in [2.24, 2.45) is 5.92 Å². The first-order valence-corrected chi connectivity index (χ1v) is 13.8. The van der Waals surface area contributed by atoms with Gasteiger partial charge < -0.3 is 20.1 Å². The van der Waals surface area contributed by atoms with Crippen molar-refractivity contribution in [3.05, 3.63) is 78.6 Å². The fourth-order valence-corrected chi connectivity index (χ4v) is 6.21. The molecule has 2 amide bonds. The molecule has 0 spiro atoms. The normalized spacial score (nSPS) is 19.8. The zero-order chi connectivity index (χ0) is 27.4. The molecule has 3 aromatic carbocycles. The Morgan fingerprint density at radius 1 is 1.13 bits per heavy atom. The van der Waals surface area contributed by atoms with E-state index in [0.717, 1.165) is 11.1 Å². The van der Waals surface area contributed by atoms with Crippen LogP contribution in [-0.2, 0) is 10.0 Å². The number of aliphatic hydroxyl groups is 1. The molecule has 1 aliphatic rings. The number of amides is 2. The van der Waals surface area contributed by atoms with Crippen LogP contribution in [0.3, 0.4) is 0 Å². The van der Waals surface area contributed by atoms with E-state index in [1.165, 1.54) is 33.5 Å². The average Bonchev–Trinajstić information content (AvgIpc) is 2.91. The van der Waals surface area contributed by atoms with Gasteiger partial charge in [-0.15, -0.1) is 0 Å². The molecule has 202 valence electrons. The molecule has 0 radical (unpaired) electrons. The highest BCUT2D eigenvalue weighted by molar-refractivity contribution is 7.89. The summed E-state index contributed by atoms with van der Waals surface area (Å²) in [5.41, 5.74) is 1.73. The third-order valence-electron chi connectivity index (χ3n) is 6.69. The third-order valence-corrected chi connectivity index (χ3v) is 8.71. The second-order valence-electron chi connectivity index (χ2n) is 9.56. The first-order chi connectivity index (χ1) is 18.1. The molecule has 10 heteroatoms. The zero-order valence-corrected chi connectivity index (χ0v) is 22.4. The number of hydrogen-bond acceptors (Lipinski definition) is 5. The molecule has 0 aromatic heterocycles. The van der Waals surface area contributed by atoms with Gasteiger partial charge in [-0.2, -0.15) is 4.31 Å². The van der Waals surface area contributed by atoms with Gasteiger partial charge in [0.1, 0.15) is 22.6 Å². The van der Waals surface area contributed by atoms with Crippen LogP contribution in [0.15, 0.2) is 77.7 Å². The summed E-state index contributed by atoms with van der Waals surface area (Å²) in [4.78, 5) is 14.2. The lowest BCUT2D eigenvalue weighted by Crippen LogP contribution is -2.50.